The highest BCUT2D eigenvalue weighted by atomic mass is 19.4. The number of rotatable bonds is 7. The van der Waals surface area contributed by atoms with Gasteiger partial charge in [-0.1, -0.05) is 24.3 Å². The molecule has 0 aliphatic rings. The monoisotopic (exact) mass is 482 g/mol. The van der Waals surface area contributed by atoms with Crippen LogP contribution < -0.4 is 15.4 Å². The first-order chi connectivity index (χ1) is 16.8. The summed E-state index contributed by atoms with van der Waals surface area (Å²) in [5.41, 5.74) is 2.58. The second kappa shape index (κ2) is 10.1. The molecule has 9 heteroatoms. The van der Waals surface area contributed by atoms with Crippen LogP contribution in [0.15, 0.2) is 60.8 Å². The summed E-state index contributed by atoms with van der Waals surface area (Å²) in [6.45, 7) is 3.02. The number of urea groups is 1. The molecule has 2 N–H and O–H groups in total. The number of pyridine rings is 1. The van der Waals surface area contributed by atoms with Gasteiger partial charge in [-0.3, -0.25) is 4.98 Å². The zero-order valence-corrected chi connectivity index (χ0v) is 19.3. The lowest BCUT2D eigenvalue weighted by atomic mass is 10.1. The number of nitrogens with one attached hydrogen (secondary N) is 2. The molecule has 0 saturated carbocycles. The quantitative estimate of drug-likeness (QED) is 0.364. The smallest absolute Gasteiger partial charge is 0.416 e. The van der Waals surface area contributed by atoms with Gasteiger partial charge in [-0.05, 0) is 42.8 Å². The number of halogens is 3. The SMILES string of the molecule is COc1ccc2c3ccnc(C)c3n(CCNC(=O)NC/C=C/c3cccc(C(F)(F)F)c3)c2c1. The van der Waals surface area contributed by atoms with Gasteiger partial charge in [0.2, 0.25) is 0 Å². The maximum absolute atomic E-state index is 12.8. The van der Waals surface area contributed by atoms with E-state index in [1.54, 1.807) is 25.4 Å². The molecule has 0 spiro atoms. The van der Waals surface area contributed by atoms with Crippen molar-refractivity contribution in [2.24, 2.45) is 0 Å². The standard InChI is InChI=1S/C26H25F3N4O2/c1-17-24-22(10-12-30-17)21-9-8-20(35-2)16-23(21)33(24)14-13-32-25(34)31-11-4-6-18-5-3-7-19(15-18)26(27,28)29/h3-10,12,15-16H,11,13-14H2,1-2H3,(H2,31,32,34)/b6-4+. The van der Waals surface area contributed by atoms with Crippen molar-refractivity contribution in [3.05, 3.63) is 77.6 Å². The fourth-order valence-corrected chi connectivity index (χ4v) is 4.07. The number of hydrogen-bond acceptors (Lipinski definition) is 3. The minimum absolute atomic E-state index is 0.178. The average molecular weight is 483 g/mol. The maximum atomic E-state index is 12.8. The van der Waals surface area contributed by atoms with E-state index in [9.17, 15) is 18.0 Å². The van der Waals surface area contributed by atoms with Crippen molar-refractivity contribution in [3.8, 4) is 5.75 Å². The number of carbonyl (C=O) groups excluding carboxylic acids is 1. The Morgan fingerprint density at radius 3 is 2.71 bits per heavy atom. The van der Waals surface area contributed by atoms with Gasteiger partial charge in [-0.25, -0.2) is 4.79 Å². The third-order valence-corrected chi connectivity index (χ3v) is 5.69. The normalized spacial score (nSPS) is 11.9. The highest BCUT2D eigenvalue weighted by Gasteiger charge is 2.30. The summed E-state index contributed by atoms with van der Waals surface area (Å²) in [6, 6.07) is 12.5. The molecule has 0 saturated heterocycles. The Labute approximate surface area is 200 Å². The number of hydrogen-bond donors (Lipinski definition) is 2. The largest absolute Gasteiger partial charge is 0.497 e. The molecule has 0 radical (unpaired) electrons. The lowest BCUT2D eigenvalue weighted by molar-refractivity contribution is -0.137. The lowest BCUT2D eigenvalue weighted by Crippen LogP contribution is -2.37. The third kappa shape index (κ3) is 5.40. The van der Waals surface area contributed by atoms with Gasteiger partial charge in [0.25, 0.3) is 0 Å². The number of amides is 2. The Hall–Kier alpha value is -4.01. The van der Waals surface area contributed by atoms with Crippen molar-refractivity contribution >= 4 is 33.9 Å². The van der Waals surface area contributed by atoms with Crippen LogP contribution in [0.25, 0.3) is 27.9 Å². The zero-order valence-electron chi connectivity index (χ0n) is 19.3. The van der Waals surface area contributed by atoms with Crippen LogP contribution in [0.1, 0.15) is 16.8 Å². The fourth-order valence-electron chi connectivity index (χ4n) is 4.07. The van der Waals surface area contributed by atoms with E-state index < -0.39 is 11.7 Å². The number of nitrogens with zero attached hydrogens (tertiary/aromatic N) is 2. The van der Waals surface area contributed by atoms with Crippen molar-refractivity contribution in [2.45, 2.75) is 19.6 Å². The summed E-state index contributed by atoms with van der Waals surface area (Å²) in [4.78, 5) is 16.6. The zero-order chi connectivity index (χ0) is 25.0. The number of alkyl halides is 3. The van der Waals surface area contributed by atoms with Crippen molar-refractivity contribution in [3.63, 3.8) is 0 Å². The Morgan fingerprint density at radius 1 is 1.11 bits per heavy atom. The first kappa shape index (κ1) is 24.1. The Bertz CT molecular complexity index is 1390. The second-order valence-electron chi connectivity index (χ2n) is 7.99. The van der Waals surface area contributed by atoms with Crippen LogP contribution in [-0.4, -0.2) is 35.8 Å². The number of aromatic nitrogens is 2. The van der Waals surface area contributed by atoms with E-state index in [1.165, 1.54) is 12.1 Å². The molecule has 0 atom stereocenters. The highest BCUT2D eigenvalue weighted by molar-refractivity contribution is 6.09. The Kier molecular flexibility index (Phi) is 6.95. The van der Waals surface area contributed by atoms with Crippen LogP contribution in [0.3, 0.4) is 0 Å². The molecule has 2 amide bonds. The Balaban J connectivity index is 1.37. The van der Waals surface area contributed by atoms with Gasteiger partial charge in [0.05, 0.1) is 29.4 Å². The first-order valence-corrected chi connectivity index (χ1v) is 11.0. The summed E-state index contributed by atoms with van der Waals surface area (Å²) in [5, 5.41) is 7.66. The van der Waals surface area contributed by atoms with E-state index >= 15 is 0 Å². The topological polar surface area (TPSA) is 68.2 Å². The van der Waals surface area contributed by atoms with E-state index in [-0.39, 0.29) is 12.6 Å². The Morgan fingerprint density at radius 2 is 1.94 bits per heavy atom. The molecule has 35 heavy (non-hydrogen) atoms. The van der Waals surface area contributed by atoms with Crippen LogP contribution in [0.4, 0.5) is 18.0 Å². The minimum Gasteiger partial charge on any atom is -0.497 e. The molecule has 4 rings (SSSR count). The van der Waals surface area contributed by atoms with E-state index in [2.05, 4.69) is 20.2 Å². The highest BCUT2D eigenvalue weighted by Crippen LogP contribution is 2.32. The van der Waals surface area contributed by atoms with E-state index in [0.29, 0.717) is 18.7 Å². The average Bonchev–Trinajstić information content (AvgIpc) is 3.15. The van der Waals surface area contributed by atoms with Crippen LogP contribution in [0.5, 0.6) is 5.75 Å². The number of methoxy groups -OCH3 is 1. The van der Waals surface area contributed by atoms with Gasteiger partial charge < -0.3 is 19.9 Å². The predicted molar refractivity (Wildman–Crippen MR) is 130 cm³/mol. The predicted octanol–water partition coefficient (Wildman–Crippen LogP) is 5.54. The summed E-state index contributed by atoms with van der Waals surface area (Å²) < 4.78 is 45.9. The van der Waals surface area contributed by atoms with Crippen molar-refractivity contribution in [1.29, 1.82) is 0 Å². The molecular weight excluding hydrogens is 457 g/mol. The van der Waals surface area contributed by atoms with Gasteiger partial charge >= 0.3 is 12.2 Å². The molecule has 0 bridgehead atoms. The summed E-state index contributed by atoms with van der Waals surface area (Å²) in [5.74, 6) is 0.741. The molecule has 0 aliphatic heterocycles. The van der Waals surface area contributed by atoms with Crippen LogP contribution in [0, 0.1) is 6.92 Å². The minimum atomic E-state index is -4.39. The summed E-state index contributed by atoms with van der Waals surface area (Å²) in [6.07, 6.45) is 0.530. The molecule has 0 fully saturated rings. The van der Waals surface area contributed by atoms with Gasteiger partial charge in [0, 0.05) is 42.7 Å². The molecule has 2 aromatic heterocycles. The number of carbonyl (C=O) groups is 1. The summed E-state index contributed by atoms with van der Waals surface area (Å²) >= 11 is 0. The lowest BCUT2D eigenvalue weighted by Gasteiger charge is -2.11. The number of fused-ring (bicyclic) bond motifs is 3. The van der Waals surface area contributed by atoms with Crippen LogP contribution >= 0.6 is 0 Å². The molecule has 182 valence electrons. The molecule has 2 aromatic carbocycles. The van der Waals surface area contributed by atoms with Gasteiger partial charge in [-0.2, -0.15) is 13.2 Å². The van der Waals surface area contributed by atoms with Crippen LogP contribution in [-0.2, 0) is 12.7 Å². The van der Waals surface area contributed by atoms with E-state index in [1.807, 2.05) is 31.2 Å². The number of aryl methyl sites for hydroxylation is 1. The van der Waals surface area contributed by atoms with Crippen molar-refractivity contribution in [2.75, 3.05) is 20.2 Å². The van der Waals surface area contributed by atoms with E-state index in [4.69, 9.17) is 4.74 Å². The number of benzene rings is 2. The van der Waals surface area contributed by atoms with Crippen molar-refractivity contribution < 1.29 is 22.7 Å². The van der Waals surface area contributed by atoms with Crippen LogP contribution in [0.2, 0.25) is 0 Å². The molecule has 0 aliphatic carbocycles. The molecule has 0 unspecified atom stereocenters. The molecular formula is C26H25F3N4O2. The fraction of sp³-hybridized carbons (Fsp3) is 0.231. The van der Waals surface area contributed by atoms with Crippen molar-refractivity contribution in [1.82, 2.24) is 20.2 Å². The molecule has 6 nitrogen and oxygen atoms in total. The van der Waals surface area contributed by atoms with Gasteiger partial charge in [0.1, 0.15) is 5.75 Å². The molecule has 2 heterocycles. The molecule has 4 aromatic rings. The number of ether oxygens (including phenoxy) is 1. The first-order valence-electron chi connectivity index (χ1n) is 11.0. The van der Waals surface area contributed by atoms with E-state index in [0.717, 1.165) is 45.4 Å². The second-order valence-corrected chi connectivity index (χ2v) is 7.99. The summed E-state index contributed by atoms with van der Waals surface area (Å²) in [7, 11) is 1.62. The maximum Gasteiger partial charge on any atom is 0.416 e. The van der Waals surface area contributed by atoms with Gasteiger partial charge in [0.15, 0.2) is 0 Å². The van der Waals surface area contributed by atoms with Gasteiger partial charge in [-0.15, -0.1) is 0 Å². The third-order valence-electron chi connectivity index (χ3n) is 5.69.